The van der Waals surface area contributed by atoms with Crippen molar-refractivity contribution >= 4 is 60.9 Å². The predicted molar refractivity (Wildman–Crippen MR) is 98.8 cm³/mol. The molecule has 0 fully saturated rings. The molecule has 0 saturated carbocycles. The number of hydrogen-bond acceptors (Lipinski definition) is 1. The summed E-state index contributed by atoms with van der Waals surface area (Å²) in [4.78, 5) is 12.3. The Morgan fingerprint density at radius 3 is 2.52 bits per heavy atom. The van der Waals surface area contributed by atoms with Gasteiger partial charge in [-0.25, -0.2) is 0 Å². The Bertz CT molecular complexity index is 832. The van der Waals surface area contributed by atoms with Crippen molar-refractivity contribution in [3.8, 4) is 0 Å². The maximum atomic E-state index is 12.3. The fourth-order valence-electron chi connectivity index (χ4n) is 2.13. The number of benzene rings is 3. The highest BCUT2D eigenvalue weighted by molar-refractivity contribution is 14.1. The molecule has 3 aromatic carbocycles. The Kier molecular flexibility index (Phi) is 4.26. The first kappa shape index (κ1) is 14.5. The van der Waals surface area contributed by atoms with Gasteiger partial charge in [-0.1, -0.05) is 34.1 Å². The normalized spacial score (nSPS) is 10.6. The smallest absolute Gasteiger partial charge is 0.255 e. The lowest BCUT2D eigenvalue weighted by molar-refractivity contribution is 0.102. The maximum absolute atomic E-state index is 12.3. The lowest BCUT2D eigenvalue weighted by atomic mass is 10.1. The number of carbonyl (C=O) groups is 1. The number of amides is 1. The van der Waals surface area contributed by atoms with Gasteiger partial charge in [-0.05, 0) is 75.8 Å². The number of carbonyl (C=O) groups excluding carboxylic acids is 1. The van der Waals surface area contributed by atoms with Gasteiger partial charge in [0.1, 0.15) is 0 Å². The van der Waals surface area contributed by atoms with Gasteiger partial charge >= 0.3 is 0 Å². The van der Waals surface area contributed by atoms with E-state index in [2.05, 4.69) is 43.8 Å². The average Bonchev–Trinajstić information content (AvgIpc) is 2.46. The number of halogens is 2. The van der Waals surface area contributed by atoms with Crippen LogP contribution in [0.4, 0.5) is 5.69 Å². The zero-order valence-corrected chi connectivity index (χ0v) is 14.7. The molecule has 1 N–H and O–H groups in total. The summed E-state index contributed by atoms with van der Waals surface area (Å²) in [5.74, 6) is -0.0955. The third-order valence-electron chi connectivity index (χ3n) is 3.15. The molecule has 0 spiro atoms. The predicted octanol–water partition coefficient (Wildman–Crippen LogP) is 5.46. The van der Waals surface area contributed by atoms with Crippen molar-refractivity contribution in [2.45, 2.75) is 0 Å². The third kappa shape index (κ3) is 3.44. The second-order valence-corrected chi connectivity index (χ2v) is 6.83. The van der Waals surface area contributed by atoms with Crippen LogP contribution >= 0.6 is 38.5 Å². The van der Waals surface area contributed by atoms with Crippen LogP contribution in [0.3, 0.4) is 0 Å². The van der Waals surface area contributed by atoms with Gasteiger partial charge in [-0.15, -0.1) is 0 Å². The highest BCUT2D eigenvalue weighted by Crippen LogP contribution is 2.21. The average molecular weight is 452 g/mol. The molecular formula is C17H11BrINO. The molecule has 0 saturated heterocycles. The van der Waals surface area contributed by atoms with Crippen molar-refractivity contribution in [1.82, 2.24) is 0 Å². The van der Waals surface area contributed by atoms with Gasteiger partial charge in [0, 0.05) is 19.3 Å². The second kappa shape index (κ2) is 6.15. The number of hydrogen-bond donors (Lipinski definition) is 1. The lowest BCUT2D eigenvalue weighted by Crippen LogP contribution is -2.11. The molecule has 2 nitrogen and oxygen atoms in total. The molecule has 0 atom stereocenters. The van der Waals surface area contributed by atoms with E-state index in [4.69, 9.17) is 0 Å². The molecule has 3 rings (SSSR count). The topological polar surface area (TPSA) is 29.1 Å². The molecule has 0 heterocycles. The van der Waals surface area contributed by atoms with Crippen LogP contribution in [0.15, 0.2) is 65.1 Å². The van der Waals surface area contributed by atoms with Crippen LogP contribution in [0.2, 0.25) is 0 Å². The second-order valence-electron chi connectivity index (χ2n) is 4.67. The van der Waals surface area contributed by atoms with Gasteiger partial charge in [-0.3, -0.25) is 4.79 Å². The first-order chi connectivity index (χ1) is 10.1. The van der Waals surface area contributed by atoms with Gasteiger partial charge < -0.3 is 5.32 Å². The molecule has 0 aromatic heterocycles. The Labute approximate surface area is 144 Å². The summed E-state index contributed by atoms with van der Waals surface area (Å²) >= 11 is 5.68. The van der Waals surface area contributed by atoms with Crippen LogP contribution in [0.1, 0.15) is 10.4 Å². The summed E-state index contributed by atoms with van der Waals surface area (Å²) in [6.07, 6.45) is 0. The van der Waals surface area contributed by atoms with Crippen LogP contribution < -0.4 is 5.32 Å². The van der Waals surface area contributed by atoms with E-state index in [9.17, 15) is 4.79 Å². The van der Waals surface area contributed by atoms with Crippen molar-refractivity contribution in [1.29, 1.82) is 0 Å². The molecule has 1 amide bonds. The first-order valence-electron chi connectivity index (χ1n) is 6.38. The molecule has 0 aliphatic heterocycles. The third-order valence-corrected chi connectivity index (χ3v) is 4.31. The summed E-state index contributed by atoms with van der Waals surface area (Å²) in [7, 11) is 0. The Morgan fingerprint density at radius 2 is 1.71 bits per heavy atom. The van der Waals surface area contributed by atoms with E-state index in [0.717, 1.165) is 24.5 Å². The van der Waals surface area contributed by atoms with Crippen molar-refractivity contribution in [3.05, 3.63) is 74.3 Å². The molecule has 21 heavy (non-hydrogen) atoms. The monoisotopic (exact) mass is 451 g/mol. The van der Waals surface area contributed by atoms with Crippen molar-refractivity contribution in [3.63, 3.8) is 0 Å². The van der Waals surface area contributed by atoms with Gasteiger partial charge in [0.25, 0.3) is 5.91 Å². The number of rotatable bonds is 2. The molecular weight excluding hydrogens is 441 g/mol. The molecule has 0 bridgehead atoms. The summed E-state index contributed by atoms with van der Waals surface area (Å²) in [6, 6.07) is 19.5. The highest BCUT2D eigenvalue weighted by Gasteiger charge is 2.07. The molecule has 0 radical (unpaired) electrons. The minimum absolute atomic E-state index is 0.0955. The van der Waals surface area contributed by atoms with Crippen molar-refractivity contribution in [2.75, 3.05) is 5.32 Å². The van der Waals surface area contributed by atoms with E-state index < -0.39 is 0 Å². The van der Waals surface area contributed by atoms with Crippen LogP contribution in [0.5, 0.6) is 0 Å². The Balaban J connectivity index is 1.89. The van der Waals surface area contributed by atoms with Gasteiger partial charge in [0.2, 0.25) is 0 Å². The summed E-state index contributed by atoms with van der Waals surface area (Å²) in [5, 5.41) is 5.08. The van der Waals surface area contributed by atoms with Crippen LogP contribution in [0.25, 0.3) is 10.8 Å². The summed E-state index contributed by atoms with van der Waals surface area (Å²) in [5.41, 5.74) is 1.46. The van der Waals surface area contributed by atoms with E-state index in [-0.39, 0.29) is 5.91 Å². The fraction of sp³-hybridized carbons (Fsp3) is 0. The molecule has 0 unspecified atom stereocenters. The van der Waals surface area contributed by atoms with Gasteiger partial charge in [-0.2, -0.15) is 0 Å². The van der Waals surface area contributed by atoms with E-state index in [1.54, 1.807) is 0 Å². The molecule has 104 valence electrons. The SMILES string of the molecule is O=C(Nc1cccc(I)c1)c1ccc2cc(Br)ccc2c1. The van der Waals surface area contributed by atoms with E-state index in [0.29, 0.717) is 5.56 Å². The Hall–Kier alpha value is -1.40. The summed E-state index contributed by atoms with van der Waals surface area (Å²) in [6.45, 7) is 0. The minimum Gasteiger partial charge on any atom is -0.322 e. The quantitative estimate of drug-likeness (QED) is 0.515. The number of nitrogens with one attached hydrogen (secondary N) is 1. The zero-order chi connectivity index (χ0) is 14.8. The first-order valence-corrected chi connectivity index (χ1v) is 8.25. The van der Waals surface area contributed by atoms with E-state index >= 15 is 0 Å². The van der Waals surface area contributed by atoms with Crippen LogP contribution in [0, 0.1) is 3.57 Å². The highest BCUT2D eigenvalue weighted by atomic mass is 127. The molecule has 0 aliphatic carbocycles. The lowest BCUT2D eigenvalue weighted by Gasteiger charge is -2.07. The number of fused-ring (bicyclic) bond motifs is 1. The van der Waals surface area contributed by atoms with Crippen molar-refractivity contribution in [2.24, 2.45) is 0 Å². The Morgan fingerprint density at radius 1 is 0.952 bits per heavy atom. The summed E-state index contributed by atoms with van der Waals surface area (Å²) < 4.78 is 2.12. The molecule has 3 aromatic rings. The van der Waals surface area contributed by atoms with E-state index in [1.165, 1.54) is 0 Å². The fourth-order valence-corrected chi connectivity index (χ4v) is 3.05. The van der Waals surface area contributed by atoms with Gasteiger partial charge in [0.05, 0.1) is 0 Å². The van der Waals surface area contributed by atoms with Crippen LogP contribution in [-0.2, 0) is 0 Å². The molecule has 4 heteroatoms. The minimum atomic E-state index is -0.0955. The zero-order valence-electron chi connectivity index (χ0n) is 10.9. The standard InChI is InChI=1S/C17H11BrINO/c18-14-7-6-11-8-13(5-4-12(11)9-14)17(21)20-16-3-1-2-15(19)10-16/h1-10H,(H,20,21). The number of anilines is 1. The largest absolute Gasteiger partial charge is 0.322 e. The van der Waals surface area contributed by atoms with Crippen LogP contribution in [-0.4, -0.2) is 5.91 Å². The van der Waals surface area contributed by atoms with Gasteiger partial charge in [0.15, 0.2) is 0 Å². The van der Waals surface area contributed by atoms with Crippen molar-refractivity contribution < 1.29 is 4.79 Å². The maximum Gasteiger partial charge on any atom is 0.255 e. The molecule has 0 aliphatic rings. The van der Waals surface area contributed by atoms with E-state index in [1.807, 2.05) is 60.7 Å².